The summed E-state index contributed by atoms with van der Waals surface area (Å²) in [5, 5.41) is 7.51. The molecule has 3 rings (SSSR count). The van der Waals surface area contributed by atoms with Gasteiger partial charge in [-0.05, 0) is 75.2 Å². The normalized spacial score (nSPS) is 12.0. The number of halogens is 1. The molecule has 0 atom stereocenters. The first-order valence-electron chi connectivity index (χ1n) is 11.8. The maximum atomic E-state index is 6.08. The van der Waals surface area contributed by atoms with E-state index in [4.69, 9.17) is 21.3 Å². The molecule has 1 aromatic heterocycles. The molecule has 0 unspecified atom stereocenters. The molecule has 2 N–H and O–H groups in total. The Hall–Kier alpha value is -3.57. The summed E-state index contributed by atoms with van der Waals surface area (Å²) in [7, 11) is 0. The van der Waals surface area contributed by atoms with Crippen molar-refractivity contribution in [1.29, 1.82) is 0 Å². The van der Waals surface area contributed by atoms with Crippen molar-refractivity contribution in [3.8, 4) is 5.75 Å². The van der Waals surface area contributed by atoms with E-state index in [9.17, 15) is 0 Å². The summed E-state index contributed by atoms with van der Waals surface area (Å²) in [5.41, 5.74) is 4.94. The van der Waals surface area contributed by atoms with Gasteiger partial charge in [0.15, 0.2) is 0 Å². The van der Waals surface area contributed by atoms with Gasteiger partial charge in [-0.3, -0.25) is 0 Å². The molecular weight excluding hydrogens is 456 g/mol. The molecule has 2 aromatic carbocycles. The maximum absolute atomic E-state index is 6.08. The highest BCUT2D eigenvalue weighted by atomic mass is 35.5. The second-order valence-electron chi connectivity index (χ2n) is 8.28. The van der Waals surface area contributed by atoms with E-state index in [0.717, 1.165) is 34.0 Å². The number of benzene rings is 2. The zero-order chi connectivity index (χ0) is 25.0. The van der Waals surface area contributed by atoms with Crippen LogP contribution < -0.4 is 15.4 Å². The first-order valence-corrected chi connectivity index (χ1v) is 12.2. The van der Waals surface area contributed by atoms with Crippen molar-refractivity contribution < 1.29 is 4.74 Å². The first kappa shape index (κ1) is 26.0. The molecule has 0 aliphatic heterocycles. The van der Waals surface area contributed by atoms with Gasteiger partial charge >= 0.3 is 0 Å². The van der Waals surface area contributed by atoms with E-state index in [2.05, 4.69) is 27.8 Å². The van der Waals surface area contributed by atoms with Crippen molar-refractivity contribution in [3.05, 3.63) is 107 Å². The molecule has 6 heteroatoms. The van der Waals surface area contributed by atoms with E-state index in [-0.39, 0.29) is 6.10 Å². The predicted octanol–water partition coefficient (Wildman–Crippen LogP) is 7.74. The minimum atomic E-state index is 0.134. The Kier molecular flexibility index (Phi) is 9.93. The largest absolute Gasteiger partial charge is 0.491 e. The first-order chi connectivity index (χ1) is 17.0. The van der Waals surface area contributed by atoms with Crippen LogP contribution in [0.25, 0.3) is 0 Å². The molecule has 0 saturated heterocycles. The van der Waals surface area contributed by atoms with Gasteiger partial charge in [-0.15, -0.1) is 0 Å². The van der Waals surface area contributed by atoms with Crippen LogP contribution in [0.1, 0.15) is 39.0 Å². The van der Waals surface area contributed by atoms with Crippen molar-refractivity contribution in [1.82, 2.24) is 9.97 Å². The Labute approximate surface area is 213 Å². The lowest BCUT2D eigenvalue weighted by Crippen LogP contribution is -2.10. The van der Waals surface area contributed by atoms with E-state index in [1.54, 1.807) is 0 Å². The highest BCUT2D eigenvalue weighted by Crippen LogP contribution is 2.25. The van der Waals surface area contributed by atoms with E-state index in [1.807, 2.05) is 101 Å². The Morgan fingerprint density at radius 1 is 1.03 bits per heavy atom. The number of anilines is 3. The second kappa shape index (κ2) is 13.4. The van der Waals surface area contributed by atoms with Crippen LogP contribution in [0.4, 0.5) is 17.3 Å². The molecule has 0 bridgehead atoms. The van der Waals surface area contributed by atoms with Crippen molar-refractivity contribution in [2.45, 2.75) is 40.2 Å². The smallest absolute Gasteiger partial charge is 0.223 e. The van der Waals surface area contributed by atoms with Crippen LogP contribution in [0.3, 0.4) is 0 Å². The molecule has 0 spiro atoms. The van der Waals surface area contributed by atoms with Crippen molar-refractivity contribution >= 4 is 28.9 Å². The molecule has 3 aromatic rings. The maximum Gasteiger partial charge on any atom is 0.223 e. The van der Waals surface area contributed by atoms with Gasteiger partial charge in [0.1, 0.15) is 5.75 Å². The standard InChI is InChI=1S/C29H33ClN4O/c1-5-7-8-9-22(6-2)19-31-29-32-20-28(27(34-29)18-23-10-12-24(30)13-11-23)33-25-14-16-26(17-15-25)35-21(3)4/h5-17,20-21,33H,18-19H2,1-4H3,(H,31,32,34)/b7-5-,9-8-,22-6+. The zero-order valence-corrected chi connectivity index (χ0v) is 21.5. The second-order valence-corrected chi connectivity index (χ2v) is 8.71. The number of hydrogen-bond acceptors (Lipinski definition) is 5. The number of rotatable bonds is 11. The molecule has 1 heterocycles. The van der Waals surface area contributed by atoms with Crippen LogP contribution in [-0.4, -0.2) is 22.6 Å². The third kappa shape index (κ3) is 8.62. The molecule has 35 heavy (non-hydrogen) atoms. The fourth-order valence-electron chi connectivity index (χ4n) is 3.31. The minimum Gasteiger partial charge on any atom is -0.491 e. The molecule has 0 amide bonds. The molecule has 0 saturated carbocycles. The van der Waals surface area contributed by atoms with Crippen LogP contribution in [0.5, 0.6) is 5.75 Å². The summed E-state index contributed by atoms with van der Waals surface area (Å²) in [4.78, 5) is 9.39. The molecule has 0 aliphatic rings. The van der Waals surface area contributed by atoms with E-state index >= 15 is 0 Å². The van der Waals surface area contributed by atoms with Crippen molar-refractivity contribution in [2.24, 2.45) is 0 Å². The molecule has 0 aliphatic carbocycles. The van der Waals surface area contributed by atoms with Gasteiger partial charge in [-0.2, -0.15) is 0 Å². The number of hydrogen-bond donors (Lipinski definition) is 2. The van der Waals surface area contributed by atoms with E-state index in [1.165, 1.54) is 0 Å². The predicted molar refractivity (Wildman–Crippen MR) is 148 cm³/mol. The summed E-state index contributed by atoms with van der Waals surface area (Å²) in [5.74, 6) is 1.42. The SMILES string of the molecule is C\C=C/C=C\C(=C/C)CNc1ncc(Nc2ccc(OC(C)C)cc2)c(Cc2ccc(Cl)cc2)n1. The van der Waals surface area contributed by atoms with Gasteiger partial charge in [0.25, 0.3) is 0 Å². The van der Waals surface area contributed by atoms with Gasteiger partial charge < -0.3 is 15.4 Å². The molecule has 0 fully saturated rings. The van der Waals surface area contributed by atoms with Gasteiger partial charge in [0.05, 0.1) is 23.7 Å². The van der Waals surface area contributed by atoms with E-state index in [0.29, 0.717) is 23.9 Å². The van der Waals surface area contributed by atoms with Crippen LogP contribution in [0.15, 0.2) is 90.7 Å². The third-order valence-electron chi connectivity index (χ3n) is 5.09. The lowest BCUT2D eigenvalue weighted by Gasteiger charge is -2.15. The Balaban J connectivity index is 1.81. The monoisotopic (exact) mass is 488 g/mol. The molecule has 0 radical (unpaired) electrons. The summed E-state index contributed by atoms with van der Waals surface area (Å²) >= 11 is 6.08. The average molecular weight is 489 g/mol. The average Bonchev–Trinajstić information content (AvgIpc) is 2.85. The fourth-order valence-corrected chi connectivity index (χ4v) is 3.44. The summed E-state index contributed by atoms with van der Waals surface area (Å²) < 4.78 is 5.75. The molecule has 5 nitrogen and oxygen atoms in total. The number of nitrogens with one attached hydrogen (secondary N) is 2. The van der Waals surface area contributed by atoms with Gasteiger partial charge in [-0.25, -0.2) is 9.97 Å². The number of aromatic nitrogens is 2. The Morgan fingerprint density at radius 3 is 2.43 bits per heavy atom. The Morgan fingerprint density at radius 2 is 1.77 bits per heavy atom. The van der Waals surface area contributed by atoms with Gasteiger partial charge in [-0.1, -0.05) is 54.1 Å². The van der Waals surface area contributed by atoms with Crippen molar-refractivity contribution in [2.75, 3.05) is 17.2 Å². The highest BCUT2D eigenvalue weighted by Gasteiger charge is 2.10. The van der Waals surface area contributed by atoms with E-state index < -0.39 is 0 Å². The van der Waals surface area contributed by atoms with Crippen LogP contribution in [0, 0.1) is 0 Å². The summed E-state index contributed by atoms with van der Waals surface area (Å²) in [6.07, 6.45) is 12.8. The van der Waals surface area contributed by atoms with Crippen LogP contribution >= 0.6 is 11.6 Å². The summed E-state index contributed by atoms with van der Waals surface area (Å²) in [6, 6.07) is 15.7. The zero-order valence-electron chi connectivity index (χ0n) is 20.8. The number of allylic oxidation sites excluding steroid dienone is 4. The quantitative estimate of drug-likeness (QED) is 0.270. The topological polar surface area (TPSA) is 59.1 Å². The molecule has 182 valence electrons. The minimum absolute atomic E-state index is 0.134. The van der Waals surface area contributed by atoms with Crippen molar-refractivity contribution in [3.63, 3.8) is 0 Å². The Bertz CT molecular complexity index is 1170. The number of ether oxygens (including phenoxy) is 1. The van der Waals surface area contributed by atoms with Crippen LogP contribution in [0.2, 0.25) is 5.02 Å². The summed E-state index contributed by atoms with van der Waals surface area (Å²) in [6.45, 7) is 8.68. The third-order valence-corrected chi connectivity index (χ3v) is 5.34. The van der Waals surface area contributed by atoms with Crippen LogP contribution in [-0.2, 0) is 6.42 Å². The fraction of sp³-hybridized carbons (Fsp3) is 0.241. The highest BCUT2D eigenvalue weighted by molar-refractivity contribution is 6.30. The van der Waals surface area contributed by atoms with Gasteiger partial charge in [0.2, 0.25) is 5.95 Å². The van der Waals surface area contributed by atoms with Gasteiger partial charge in [0, 0.05) is 23.7 Å². The lowest BCUT2D eigenvalue weighted by atomic mass is 10.1. The molecular formula is C29H33ClN4O. The lowest BCUT2D eigenvalue weighted by molar-refractivity contribution is 0.242. The number of nitrogens with zero attached hydrogens (tertiary/aromatic N) is 2.